The Labute approximate surface area is 248 Å². The number of aromatic nitrogens is 2. The smallest absolute Gasteiger partial charge is 0.293 e. The second-order valence-corrected chi connectivity index (χ2v) is 12.9. The third-order valence-corrected chi connectivity index (χ3v) is 10.1. The summed E-state index contributed by atoms with van der Waals surface area (Å²) < 4.78 is 32.1. The van der Waals surface area contributed by atoms with Crippen LogP contribution in [-0.4, -0.2) is 33.3 Å². The first-order valence-electron chi connectivity index (χ1n) is 14.4. The lowest BCUT2D eigenvalue weighted by molar-refractivity contribution is 0.0994. The van der Waals surface area contributed by atoms with Crippen LogP contribution in [0.1, 0.15) is 76.2 Å². The molecule has 2 heterocycles. The first-order chi connectivity index (χ1) is 20.1. The number of benzene rings is 2. The maximum absolute atomic E-state index is 15.8. The Bertz CT molecular complexity index is 1700. The van der Waals surface area contributed by atoms with Crippen LogP contribution in [0.15, 0.2) is 53.5 Å². The van der Waals surface area contributed by atoms with Crippen LogP contribution in [-0.2, 0) is 20.0 Å². The van der Waals surface area contributed by atoms with E-state index in [0.717, 1.165) is 37.4 Å². The number of fused-ring (bicyclic) bond motifs is 5. The van der Waals surface area contributed by atoms with Crippen molar-refractivity contribution in [2.24, 2.45) is 7.05 Å². The molecule has 2 aliphatic carbocycles. The van der Waals surface area contributed by atoms with E-state index < -0.39 is 11.6 Å². The molecule has 42 heavy (non-hydrogen) atoms. The minimum absolute atomic E-state index is 0.0196. The average Bonchev–Trinajstić information content (AvgIpc) is 3.69. The van der Waals surface area contributed by atoms with Gasteiger partial charge in [0.15, 0.2) is 11.6 Å². The SMILES string of the molecule is CC(C)N(C)Cc1ccc(Nc2nc(-c3ccc(F)c(CC(=O)c4cc5c(s4)C4CCC5C4)c3F)cn(C)c2=O)cc1. The molecule has 6 nitrogen and oxygen atoms in total. The van der Waals surface area contributed by atoms with Gasteiger partial charge in [0.1, 0.15) is 11.6 Å². The van der Waals surface area contributed by atoms with Crippen molar-refractivity contribution in [3.8, 4) is 11.3 Å². The van der Waals surface area contributed by atoms with Gasteiger partial charge in [-0.15, -0.1) is 11.3 Å². The molecule has 0 spiro atoms. The van der Waals surface area contributed by atoms with Gasteiger partial charge in [-0.05, 0) is 93.5 Å². The first-order valence-corrected chi connectivity index (χ1v) is 15.2. The maximum Gasteiger partial charge on any atom is 0.293 e. The number of anilines is 2. The summed E-state index contributed by atoms with van der Waals surface area (Å²) >= 11 is 1.48. The predicted octanol–water partition coefficient (Wildman–Crippen LogP) is 7.16. The van der Waals surface area contributed by atoms with Gasteiger partial charge in [-0.25, -0.2) is 13.8 Å². The van der Waals surface area contributed by atoms with E-state index in [2.05, 4.69) is 36.1 Å². The molecule has 2 aromatic carbocycles. The number of ketones is 1. The second kappa shape index (κ2) is 11.2. The molecule has 6 rings (SSSR count). The van der Waals surface area contributed by atoms with E-state index in [4.69, 9.17) is 0 Å². The average molecular weight is 589 g/mol. The summed E-state index contributed by atoms with van der Waals surface area (Å²) in [6.45, 7) is 5.05. The van der Waals surface area contributed by atoms with Crippen LogP contribution in [0.4, 0.5) is 20.3 Å². The number of halogens is 2. The quantitative estimate of drug-likeness (QED) is 0.210. The van der Waals surface area contributed by atoms with Crippen molar-refractivity contribution in [1.29, 1.82) is 0 Å². The van der Waals surface area contributed by atoms with Crippen molar-refractivity contribution in [2.75, 3.05) is 12.4 Å². The van der Waals surface area contributed by atoms with Crippen LogP contribution in [0.25, 0.3) is 11.3 Å². The van der Waals surface area contributed by atoms with Gasteiger partial charge in [-0.1, -0.05) is 12.1 Å². The highest BCUT2D eigenvalue weighted by atomic mass is 32.1. The van der Waals surface area contributed by atoms with E-state index in [-0.39, 0.29) is 40.4 Å². The highest BCUT2D eigenvalue weighted by Crippen LogP contribution is 2.56. The van der Waals surface area contributed by atoms with Gasteiger partial charge < -0.3 is 9.88 Å². The van der Waals surface area contributed by atoms with E-state index in [9.17, 15) is 14.0 Å². The van der Waals surface area contributed by atoms with Gasteiger partial charge in [0.05, 0.1) is 10.6 Å². The van der Waals surface area contributed by atoms with Crippen molar-refractivity contribution < 1.29 is 13.6 Å². The number of carbonyl (C=O) groups is 1. The zero-order valence-corrected chi connectivity index (χ0v) is 25.0. The van der Waals surface area contributed by atoms with E-state index in [1.54, 1.807) is 7.05 Å². The summed E-state index contributed by atoms with van der Waals surface area (Å²) in [6.07, 6.45) is 4.50. The normalized spacial score (nSPS) is 17.3. The number of rotatable bonds is 9. The number of thiophene rings is 1. The van der Waals surface area contributed by atoms with Crippen LogP contribution < -0.4 is 10.9 Å². The number of nitrogens with one attached hydrogen (secondary N) is 1. The van der Waals surface area contributed by atoms with Gasteiger partial charge in [0.2, 0.25) is 0 Å². The molecule has 9 heteroatoms. The molecule has 2 bridgehead atoms. The summed E-state index contributed by atoms with van der Waals surface area (Å²) in [5.41, 5.74) is 2.54. The summed E-state index contributed by atoms with van der Waals surface area (Å²) in [5.74, 6) is -0.851. The highest BCUT2D eigenvalue weighted by Gasteiger charge is 2.39. The topological polar surface area (TPSA) is 67.2 Å². The van der Waals surface area contributed by atoms with E-state index in [1.165, 1.54) is 38.6 Å². The van der Waals surface area contributed by atoms with Crippen LogP contribution >= 0.6 is 11.3 Å². The molecule has 2 unspecified atom stereocenters. The Morgan fingerprint density at radius 2 is 1.88 bits per heavy atom. The Hall–Kier alpha value is -3.69. The Morgan fingerprint density at radius 1 is 1.14 bits per heavy atom. The molecule has 0 saturated heterocycles. The fourth-order valence-electron chi connectivity index (χ4n) is 6.02. The van der Waals surface area contributed by atoms with Crippen LogP contribution in [0.2, 0.25) is 0 Å². The summed E-state index contributed by atoms with van der Waals surface area (Å²) in [7, 11) is 3.61. The molecule has 2 aliphatic rings. The molecular weight excluding hydrogens is 554 g/mol. The third kappa shape index (κ3) is 5.31. The number of hydrogen-bond acceptors (Lipinski definition) is 6. The second-order valence-electron chi connectivity index (χ2n) is 11.8. The molecule has 0 radical (unpaired) electrons. The lowest BCUT2D eigenvalue weighted by atomic mass is 9.97. The monoisotopic (exact) mass is 588 g/mol. The van der Waals surface area contributed by atoms with Gasteiger partial charge in [-0.2, -0.15) is 0 Å². The predicted molar refractivity (Wildman–Crippen MR) is 163 cm³/mol. The van der Waals surface area contributed by atoms with Gasteiger partial charge in [0, 0.05) is 53.9 Å². The number of hydrogen-bond donors (Lipinski definition) is 1. The van der Waals surface area contributed by atoms with Gasteiger partial charge in [0.25, 0.3) is 5.56 Å². The van der Waals surface area contributed by atoms with Crippen LogP contribution in [0, 0.1) is 11.6 Å². The highest BCUT2D eigenvalue weighted by molar-refractivity contribution is 7.14. The molecule has 1 fully saturated rings. The fraction of sp³-hybridized carbons (Fsp3) is 0.364. The van der Waals surface area contributed by atoms with Crippen LogP contribution in [0.5, 0.6) is 0 Å². The molecule has 1 saturated carbocycles. The molecule has 0 amide bonds. The van der Waals surface area contributed by atoms with Gasteiger partial charge in [-0.3, -0.25) is 14.5 Å². The standard InChI is InChI=1S/C33H34F2N4O2S/c1-18(2)38(3)16-19-5-9-22(10-6-19)36-32-33(41)39(4)17-27(37-32)23-11-12-26(34)25(30(23)35)14-28(40)29-15-24-20-7-8-21(13-20)31(24)42-29/h5-6,9-12,15,17-18,20-21H,7-8,13-14,16H2,1-4H3,(H,36,37). The summed E-state index contributed by atoms with van der Waals surface area (Å²) in [5, 5.41) is 3.05. The molecule has 4 aromatic rings. The van der Waals surface area contributed by atoms with Crippen molar-refractivity contribution in [3.05, 3.63) is 97.1 Å². The van der Waals surface area contributed by atoms with Gasteiger partial charge >= 0.3 is 0 Å². The van der Waals surface area contributed by atoms with E-state index in [1.807, 2.05) is 30.3 Å². The lowest BCUT2D eigenvalue weighted by Gasteiger charge is -2.21. The zero-order valence-electron chi connectivity index (χ0n) is 24.2. The van der Waals surface area contributed by atoms with E-state index >= 15 is 4.39 Å². The number of nitrogens with zero attached hydrogens (tertiary/aromatic N) is 3. The number of carbonyl (C=O) groups excluding carboxylic acids is 1. The summed E-state index contributed by atoms with van der Waals surface area (Å²) in [4.78, 5) is 34.6. The van der Waals surface area contributed by atoms with Crippen molar-refractivity contribution in [3.63, 3.8) is 0 Å². The zero-order chi connectivity index (χ0) is 29.7. The minimum atomic E-state index is -0.844. The first kappa shape index (κ1) is 28.4. The van der Waals surface area contributed by atoms with Crippen molar-refractivity contribution in [2.45, 2.75) is 64.0 Å². The molecule has 218 valence electrons. The van der Waals surface area contributed by atoms with Crippen molar-refractivity contribution >= 4 is 28.6 Å². The molecule has 2 atom stereocenters. The third-order valence-electron chi connectivity index (χ3n) is 8.71. The molecule has 2 aromatic heterocycles. The molecular formula is C33H34F2N4O2S. The van der Waals surface area contributed by atoms with Crippen molar-refractivity contribution in [1.82, 2.24) is 14.5 Å². The number of Topliss-reactive ketones (excluding diaryl/α,β-unsaturated/α-hetero) is 1. The Morgan fingerprint density at radius 3 is 2.60 bits per heavy atom. The molecule has 0 aliphatic heterocycles. The number of aryl methyl sites for hydroxylation is 1. The molecule has 1 N–H and O–H groups in total. The maximum atomic E-state index is 15.8. The fourth-order valence-corrected chi connectivity index (χ4v) is 7.35. The van der Waals surface area contributed by atoms with E-state index in [0.29, 0.717) is 28.4 Å². The minimum Gasteiger partial charge on any atom is -0.336 e. The van der Waals surface area contributed by atoms with Crippen LogP contribution in [0.3, 0.4) is 0 Å². The lowest BCUT2D eigenvalue weighted by Crippen LogP contribution is -2.25. The Balaban J connectivity index is 1.25. The largest absolute Gasteiger partial charge is 0.336 e. The Kier molecular flexibility index (Phi) is 7.57. The summed E-state index contributed by atoms with van der Waals surface area (Å²) in [6, 6.07) is 12.5.